The summed E-state index contributed by atoms with van der Waals surface area (Å²) < 4.78 is 10.7. The minimum atomic E-state index is -0.0220. The highest BCUT2D eigenvalue weighted by Gasteiger charge is 2.15. The fourth-order valence-electron chi connectivity index (χ4n) is 2.44. The summed E-state index contributed by atoms with van der Waals surface area (Å²) in [6, 6.07) is 7.39. The second-order valence-electron chi connectivity index (χ2n) is 5.01. The number of amides is 1. The molecular formula is C18H22N2O3. The number of pyridine rings is 1. The highest BCUT2D eigenvalue weighted by atomic mass is 16.5. The summed E-state index contributed by atoms with van der Waals surface area (Å²) in [6.07, 6.45) is 3.31. The normalized spacial score (nSPS) is 10.3. The summed E-state index contributed by atoms with van der Waals surface area (Å²) in [4.78, 5) is 18.5. The van der Waals surface area contributed by atoms with Gasteiger partial charge in [-0.15, -0.1) is 0 Å². The van der Waals surface area contributed by atoms with Gasteiger partial charge in [-0.2, -0.15) is 0 Å². The van der Waals surface area contributed by atoms with Gasteiger partial charge in [0.05, 0.1) is 19.8 Å². The van der Waals surface area contributed by atoms with E-state index in [0.29, 0.717) is 24.4 Å². The number of methoxy groups -OCH3 is 2. The summed E-state index contributed by atoms with van der Waals surface area (Å²) >= 11 is 0. The molecule has 0 unspecified atom stereocenters. The quantitative estimate of drug-likeness (QED) is 0.821. The zero-order valence-corrected chi connectivity index (χ0v) is 14.0. The van der Waals surface area contributed by atoms with Gasteiger partial charge in [0.2, 0.25) is 0 Å². The van der Waals surface area contributed by atoms with Crippen molar-refractivity contribution >= 4 is 5.91 Å². The van der Waals surface area contributed by atoms with Crippen molar-refractivity contribution < 1.29 is 14.3 Å². The molecule has 122 valence electrons. The molecule has 1 aromatic heterocycles. The fourth-order valence-corrected chi connectivity index (χ4v) is 2.44. The minimum Gasteiger partial charge on any atom is -0.497 e. The molecule has 0 aliphatic rings. The van der Waals surface area contributed by atoms with E-state index in [0.717, 1.165) is 16.9 Å². The molecular weight excluding hydrogens is 292 g/mol. The Morgan fingerprint density at radius 1 is 1.09 bits per heavy atom. The molecule has 0 saturated carbocycles. The van der Waals surface area contributed by atoms with Crippen LogP contribution < -0.4 is 9.47 Å². The van der Waals surface area contributed by atoms with Crippen molar-refractivity contribution in [2.45, 2.75) is 13.8 Å². The van der Waals surface area contributed by atoms with E-state index >= 15 is 0 Å². The number of aromatic nitrogens is 1. The molecule has 0 N–H and O–H groups in total. The van der Waals surface area contributed by atoms with Crippen LogP contribution in [-0.2, 0) is 0 Å². The molecule has 2 aromatic rings. The van der Waals surface area contributed by atoms with Gasteiger partial charge in [0.25, 0.3) is 5.91 Å². The standard InChI is InChI=1S/C18H22N2O3/c1-5-20(6-2)18(21)14-9-13(11-19-12-14)16-10-15(22-3)7-8-17(16)23-4/h7-12H,5-6H2,1-4H3. The lowest BCUT2D eigenvalue weighted by Crippen LogP contribution is -2.30. The Bertz CT molecular complexity index is 682. The Balaban J connectivity index is 2.46. The maximum Gasteiger partial charge on any atom is 0.255 e. The molecule has 1 heterocycles. The molecule has 0 radical (unpaired) electrons. The number of carbonyl (C=O) groups is 1. The first-order valence-corrected chi connectivity index (χ1v) is 7.61. The van der Waals surface area contributed by atoms with Crippen LogP contribution in [0.15, 0.2) is 36.7 Å². The Labute approximate surface area is 136 Å². The second kappa shape index (κ2) is 7.63. The predicted octanol–water partition coefficient (Wildman–Crippen LogP) is 3.25. The van der Waals surface area contributed by atoms with Gasteiger partial charge in [0, 0.05) is 36.6 Å². The summed E-state index contributed by atoms with van der Waals surface area (Å²) in [5.41, 5.74) is 2.23. The van der Waals surface area contributed by atoms with Crippen molar-refractivity contribution in [3.8, 4) is 22.6 Å². The van der Waals surface area contributed by atoms with Crippen LogP contribution in [0.1, 0.15) is 24.2 Å². The van der Waals surface area contributed by atoms with Crippen molar-refractivity contribution in [3.63, 3.8) is 0 Å². The minimum absolute atomic E-state index is 0.0220. The molecule has 1 aromatic carbocycles. The zero-order chi connectivity index (χ0) is 16.8. The predicted molar refractivity (Wildman–Crippen MR) is 90.0 cm³/mol. The van der Waals surface area contributed by atoms with E-state index < -0.39 is 0 Å². The molecule has 0 spiro atoms. The van der Waals surface area contributed by atoms with Gasteiger partial charge in [0.1, 0.15) is 11.5 Å². The third-order valence-corrected chi connectivity index (χ3v) is 3.75. The van der Waals surface area contributed by atoms with Crippen LogP contribution >= 0.6 is 0 Å². The fraction of sp³-hybridized carbons (Fsp3) is 0.333. The maximum atomic E-state index is 12.5. The monoisotopic (exact) mass is 314 g/mol. The lowest BCUT2D eigenvalue weighted by Gasteiger charge is -2.19. The molecule has 0 aliphatic heterocycles. The lowest BCUT2D eigenvalue weighted by atomic mass is 10.0. The molecule has 2 rings (SSSR count). The summed E-state index contributed by atoms with van der Waals surface area (Å²) in [6.45, 7) is 5.26. The van der Waals surface area contributed by atoms with Crippen molar-refractivity contribution in [2.75, 3.05) is 27.3 Å². The van der Waals surface area contributed by atoms with E-state index in [2.05, 4.69) is 4.98 Å². The van der Waals surface area contributed by atoms with Crippen molar-refractivity contribution in [1.82, 2.24) is 9.88 Å². The highest BCUT2D eigenvalue weighted by molar-refractivity contribution is 5.95. The largest absolute Gasteiger partial charge is 0.497 e. The molecule has 5 heteroatoms. The van der Waals surface area contributed by atoms with Gasteiger partial charge in [-0.05, 0) is 38.1 Å². The molecule has 0 atom stereocenters. The second-order valence-corrected chi connectivity index (χ2v) is 5.01. The Morgan fingerprint density at radius 3 is 2.43 bits per heavy atom. The molecule has 5 nitrogen and oxygen atoms in total. The van der Waals surface area contributed by atoms with E-state index in [1.165, 1.54) is 0 Å². The first-order valence-electron chi connectivity index (χ1n) is 7.61. The first-order chi connectivity index (χ1) is 11.1. The lowest BCUT2D eigenvalue weighted by molar-refractivity contribution is 0.0772. The average Bonchev–Trinajstić information content (AvgIpc) is 2.62. The third kappa shape index (κ3) is 3.62. The van der Waals surface area contributed by atoms with Gasteiger partial charge < -0.3 is 14.4 Å². The van der Waals surface area contributed by atoms with E-state index in [1.54, 1.807) is 31.5 Å². The summed E-state index contributed by atoms with van der Waals surface area (Å²) in [5.74, 6) is 1.41. The van der Waals surface area contributed by atoms with Crippen LogP contribution in [-0.4, -0.2) is 43.1 Å². The topological polar surface area (TPSA) is 51.7 Å². The van der Waals surface area contributed by atoms with Crippen LogP contribution in [0, 0.1) is 0 Å². The van der Waals surface area contributed by atoms with Crippen LogP contribution in [0.4, 0.5) is 0 Å². The number of rotatable bonds is 6. The number of nitrogens with zero attached hydrogens (tertiary/aromatic N) is 2. The van der Waals surface area contributed by atoms with Crippen molar-refractivity contribution in [3.05, 3.63) is 42.2 Å². The number of hydrogen-bond donors (Lipinski definition) is 0. The Kier molecular flexibility index (Phi) is 5.57. The SMILES string of the molecule is CCN(CC)C(=O)c1cncc(-c2cc(OC)ccc2OC)c1. The van der Waals surface area contributed by atoms with Crippen molar-refractivity contribution in [1.29, 1.82) is 0 Å². The first kappa shape index (κ1) is 16.8. The van der Waals surface area contributed by atoms with E-state index in [-0.39, 0.29) is 5.91 Å². The Morgan fingerprint density at radius 2 is 1.83 bits per heavy atom. The van der Waals surface area contributed by atoms with Crippen LogP contribution in [0.25, 0.3) is 11.1 Å². The molecule has 1 amide bonds. The van der Waals surface area contributed by atoms with E-state index in [1.807, 2.05) is 38.1 Å². The van der Waals surface area contributed by atoms with E-state index in [4.69, 9.17) is 9.47 Å². The number of carbonyl (C=O) groups excluding carboxylic acids is 1. The summed E-state index contributed by atoms with van der Waals surface area (Å²) in [7, 11) is 3.23. The average molecular weight is 314 g/mol. The van der Waals surface area contributed by atoms with E-state index in [9.17, 15) is 4.79 Å². The zero-order valence-electron chi connectivity index (χ0n) is 14.0. The molecule has 0 fully saturated rings. The molecule has 0 saturated heterocycles. The van der Waals surface area contributed by atoms with Gasteiger partial charge in [0.15, 0.2) is 0 Å². The van der Waals surface area contributed by atoms with Gasteiger partial charge in [-0.3, -0.25) is 9.78 Å². The molecule has 0 aliphatic carbocycles. The van der Waals surface area contributed by atoms with Crippen molar-refractivity contribution in [2.24, 2.45) is 0 Å². The number of benzene rings is 1. The Hall–Kier alpha value is -2.56. The van der Waals surface area contributed by atoms with Gasteiger partial charge in [-0.1, -0.05) is 0 Å². The highest BCUT2D eigenvalue weighted by Crippen LogP contribution is 2.33. The van der Waals surface area contributed by atoms with Crippen LogP contribution in [0.2, 0.25) is 0 Å². The van der Waals surface area contributed by atoms with Crippen LogP contribution in [0.3, 0.4) is 0 Å². The summed E-state index contributed by atoms with van der Waals surface area (Å²) in [5, 5.41) is 0. The van der Waals surface area contributed by atoms with Gasteiger partial charge in [-0.25, -0.2) is 0 Å². The number of ether oxygens (including phenoxy) is 2. The van der Waals surface area contributed by atoms with Gasteiger partial charge >= 0.3 is 0 Å². The van der Waals surface area contributed by atoms with Crippen LogP contribution in [0.5, 0.6) is 11.5 Å². The smallest absolute Gasteiger partial charge is 0.255 e. The maximum absolute atomic E-state index is 12.5. The third-order valence-electron chi connectivity index (χ3n) is 3.75. The molecule has 0 bridgehead atoms. The molecule has 23 heavy (non-hydrogen) atoms. The number of hydrogen-bond acceptors (Lipinski definition) is 4.